The monoisotopic (exact) mass is 242 g/mol. The van der Waals surface area contributed by atoms with Gasteiger partial charge >= 0.3 is 0 Å². The van der Waals surface area contributed by atoms with Gasteiger partial charge in [0.1, 0.15) is 5.82 Å². The van der Waals surface area contributed by atoms with Crippen LogP contribution < -0.4 is 0 Å². The summed E-state index contributed by atoms with van der Waals surface area (Å²) in [6, 6.07) is 8.27. The summed E-state index contributed by atoms with van der Waals surface area (Å²) in [6.07, 6.45) is 0. The van der Waals surface area contributed by atoms with Crippen LogP contribution in [0.3, 0.4) is 0 Å². The summed E-state index contributed by atoms with van der Waals surface area (Å²) in [5.41, 5.74) is 2.19. The van der Waals surface area contributed by atoms with E-state index in [0.717, 1.165) is 22.4 Å². The predicted molar refractivity (Wildman–Crippen MR) is 76.9 cm³/mol. The molecule has 0 unspecified atom stereocenters. The first-order valence-electron chi connectivity index (χ1n) is 6.47. The molecule has 0 amide bonds. The number of benzene rings is 1. The van der Waals surface area contributed by atoms with Gasteiger partial charge < -0.3 is 0 Å². The number of rotatable bonds is 0. The maximum atomic E-state index is 4.83. The molecule has 1 heterocycles. The van der Waals surface area contributed by atoms with E-state index in [0.29, 0.717) is 0 Å². The highest BCUT2D eigenvalue weighted by Gasteiger charge is 2.24. The Kier molecular flexibility index (Phi) is 2.92. The first kappa shape index (κ1) is 13.0. The Morgan fingerprint density at radius 2 is 1.39 bits per heavy atom. The van der Waals surface area contributed by atoms with E-state index in [2.05, 4.69) is 59.7 Å². The highest BCUT2D eigenvalue weighted by molar-refractivity contribution is 5.81. The van der Waals surface area contributed by atoms with Gasteiger partial charge in [-0.3, -0.25) is 0 Å². The molecular weight excluding hydrogens is 220 g/mol. The zero-order chi connectivity index (χ0) is 13.6. The van der Waals surface area contributed by atoms with E-state index in [1.54, 1.807) is 0 Å². The molecule has 0 radical (unpaired) electrons. The lowest BCUT2D eigenvalue weighted by molar-refractivity contribution is 0.520. The molecule has 1 aromatic carbocycles. The highest BCUT2D eigenvalue weighted by Crippen LogP contribution is 2.30. The van der Waals surface area contributed by atoms with Crippen LogP contribution in [0.2, 0.25) is 0 Å². The van der Waals surface area contributed by atoms with Crippen LogP contribution in [0.4, 0.5) is 0 Å². The second kappa shape index (κ2) is 4.04. The number of nitrogens with zero attached hydrogens (tertiary/aromatic N) is 2. The number of hydrogen-bond donors (Lipinski definition) is 0. The summed E-state index contributed by atoms with van der Waals surface area (Å²) in [6.45, 7) is 13.1. The molecule has 0 spiro atoms. The van der Waals surface area contributed by atoms with Gasteiger partial charge in [0.2, 0.25) is 0 Å². The van der Waals surface area contributed by atoms with Gasteiger partial charge in [0.15, 0.2) is 0 Å². The Morgan fingerprint density at radius 1 is 0.778 bits per heavy atom. The largest absolute Gasteiger partial charge is 0.236 e. The van der Waals surface area contributed by atoms with Gasteiger partial charge in [-0.05, 0) is 6.07 Å². The molecular formula is C16H22N2. The van der Waals surface area contributed by atoms with Crippen molar-refractivity contribution in [3.05, 3.63) is 35.8 Å². The second-order valence-corrected chi connectivity index (χ2v) is 6.91. The average molecular weight is 242 g/mol. The molecule has 2 rings (SSSR count). The number of fused-ring (bicyclic) bond motifs is 1. The van der Waals surface area contributed by atoms with Crippen LogP contribution in [0.1, 0.15) is 53.1 Å². The molecule has 0 aliphatic rings. The molecule has 0 N–H and O–H groups in total. The van der Waals surface area contributed by atoms with Crippen molar-refractivity contribution >= 4 is 10.9 Å². The molecule has 0 saturated heterocycles. The van der Waals surface area contributed by atoms with E-state index in [1.165, 1.54) is 0 Å². The molecule has 0 atom stereocenters. The zero-order valence-electron chi connectivity index (χ0n) is 12.2. The fourth-order valence-corrected chi connectivity index (χ4v) is 1.98. The molecule has 1 aromatic heterocycles. The predicted octanol–water partition coefficient (Wildman–Crippen LogP) is 4.22. The van der Waals surface area contributed by atoms with Crippen molar-refractivity contribution < 1.29 is 0 Å². The van der Waals surface area contributed by atoms with Crippen molar-refractivity contribution in [2.24, 2.45) is 0 Å². The van der Waals surface area contributed by atoms with Gasteiger partial charge in [0.05, 0.1) is 11.2 Å². The lowest BCUT2D eigenvalue weighted by Gasteiger charge is -2.24. The average Bonchev–Trinajstić information content (AvgIpc) is 2.25. The van der Waals surface area contributed by atoms with E-state index >= 15 is 0 Å². The highest BCUT2D eigenvalue weighted by atomic mass is 14.9. The summed E-state index contributed by atoms with van der Waals surface area (Å²) < 4.78 is 0. The molecule has 2 nitrogen and oxygen atoms in total. The minimum absolute atomic E-state index is 0.0238. The van der Waals surface area contributed by atoms with E-state index in [9.17, 15) is 0 Å². The molecule has 0 aliphatic carbocycles. The molecule has 0 saturated carbocycles. The van der Waals surface area contributed by atoms with Crippen molar-refractivity contribution in [2.45, 2.75) is 52.4 Å². The molecule has 0 aliphatic heterocycles. The quantitative estimate of drug-likeness (QED) is 0.691. The van der Waals surface area contributed by atoms with Gasteiger partial charge in [0.25, 0.3) is 0 Å². The molecule has 18 heavy (non-hydrogen) atoms. The van der Waals surface area contributed by atoms with Gasteiger partial charge in [-0.1, -0.05) is 59.7 Å². The molecule has 96 valence electrons. The normalized spacial score (nSPS) is 13.0. The Labute approximate surface area is 109 Å². The van der Waals surface area contributed by atoms with E-state index in [-0.39, 0.29) is 10.8 Å². The third kappa shape index (κ3) is 2.38. The maximum absolute atomic E-state index is 4.83. The summed E-state index contributed by atoms with van der Waals surface area (Å²) in [5, 5.41) is 1.16. The van der Waals surface area contributed by atoms with E-state index in [4.69, 9.17) is 9.97 Å². The third-order valence-electron chi connectivity index (χ3n) is 2.98. The molecule has 0 fully saturated rings. The minimum atomic E-state index is -0.0238. The van der Waals surface area contributed by atoms with Gasteiger partial charge in [-0.25, -0.2) is 9.97 Å². The van der Waals surface area contributed by atoms with Crippen LogP contribution >= 0.6 is 0 Å². The second-order valence-electron chi connectivity index (χ2n) is 6.91. The van der Waals surface area contributed by atoms with Crippen LogP contribution in [0.5, 0.6) is 0 Å². The number of para-hydroxylation sites is 1. The first-order valence-corrected chi connectivity index (χ1v) is 6.47. The molecule has 2 aromatic rings. The van der Waals surface area contributed by atoms with Crippen LogP contribution in [0.25, 0.3) is 10.9 Å². The zero-order valence-corrected chi connectivity index (χ0v) is 12.2. The van der Waals surface area contributed by atoms with E-state index in [1.807, 2.05) is 6.07 Å². The maximum Gasteiger partial charge on any atom is 0.134 e. The van der Waals surface area contributed by atoms with Crippen LogP contribution in [-0.2, 0) is 10.8 Å². The standard InChI is InChI=1S/C16H22N2/c1-15(2,3)13-11-9-7-8-10-12(11)17-14(18-13)16(4,5)6/h7-10H,1-6H3. The fourth-order valence-electron chi connectivity index (χ4n) is 1.98. The number of hydrogen-bond acceptors (Lipinski definition) is 2. The topological polar surface area (TPSA) is 25.8 Å². The smallest absolute Gasteiger partial charge is 0.134 e. The fraction of sp³-hybridized carbons (Fsp3) is 0.500. The molecule has 0 bridgehead atoms. The van der Waals surface area contributed by atoms with Gasteiger partial charge in [-0.2, -0.15) is 0 Å². The minimum Gasteiger partial charge on any atom is -0.236 e. The van der Waals surface area contributed by atoms with Crippen molar-refractivity contribution in [3.8, 4) is 0 Å². The van der Waals surface area contributed by atoms with Crippen molar-refractivity contribution in [2.75, 3.05) is 0 Å². The Bertz CT molecular complexity index is 572. The lowest BCUT2D eigenvalue weighted by atomic mass is 9.87. The van der Waals surface area contributed by atoms with Crippen molar-refractivity contribution in [1.29, 1.82) is 0 Å². The summed E-state index contributed by atoms with van der Waals surface area (Å²) in [5.74, 6) is 0.922. The van der Waals surface area contributed by atoms with Crippen LogP contribution in [0.15, 0.2) is 24.3 Å². The van der Waals surface area contributed by atoms with E-state index < -0.39 is 0 Å². The van der Waals surface area contributed by atoms with Gasteiger partial charge in [0, 0.05) is 16.2 Å². The summed E-state index contributed by atoms with van der Waals surface area (Å²) >= 11 is 0. The van der Waals surface area contributed by atoms with Gasteiger partial charge in [-0.15, -0.1) is 0 Å². The Morgan fingerprint density at radius 3 is 1.94 bits per heavy atom. The van der Waals surface area contributed by atoms with Crippen LogP contribution in [0, 0.1) is 0 Å². The van der Waals surface area contributed by atoms with Crippen molar-refractivity contribution in [3.63, 3.8) is 0 Å². The Hall–Kier alpha value is -1.44. The summed E-state index contributed by atoms with van der Waals surface area (Å²) in [7, 11) is 0. The Balaban J connectivity index is 2.81. The summed E-state index contributed by atoms with van der Waals surface area (Å²) in [4.78, 5) is 9.54. The number of aromatic nitrogens is 2. The molecule has 2 heteroatoms. The first-order chi connectivity index (χ1) is 8.19. The third-order valence-corrected chi connectivity index (χ3v) is 2.98. The SMILES string of the molecule is CC(C)(C)c1nc(C(C)(C)C)c2ccccc2n1. The van der Waals surface area contributed by atoms with Crippen molar-refractivity contribution in [1.82, 2.24) is 9.97 Å². The lowest BCUT2D eigenvalue weighted by Crippen LogP contribution is -2.22. The van der Waals surface area contributed by atoms with Crippen LogP contribution in [-0.4, -0.2) is 9.97 Å².